The summed E-state index contributed by atoms with van der Waals surface area (Å²) < 4.78 is 20.6. The number of piperazine rings is 1. The molecule has 39 heavy (non-hydrogen) atoms. The van der Waals surface area contributed by atoms with E-state index >= 15 is 0 Å². The number of carbonyl (C=O) groups excluding carboxylic acids is 1. The summed E-state index contributed by atoms with van der Waals surface area (Å²) in [5.74, 6) is -0.0952. The number of ether oxygens (including phenoxy) is 1. The second-order valence-corrected chi connectivity index (χ2v) is 11.8. The molecule has 0 aliphatic carbocycles. The van der Waals surface area contributed by atoms with Crippen LogP contribution in [0.5, 0.6) is 0 Å². The minimum Gasteiger partial charge on any atom is -0.457 e. The van der Waals surface area contributed by atoms with Crippen molar-refractivity contribution < 1.29 is 24.1 Å². The minimum absolute atomic E-state index is 0.0147. The Kier molecular flexibility index (Phi) is 12.0. The summed E-state index contributed by atoms with van der Waals surface area (Å²) in [6.07, 6.45) is 7.78. The molecule has 0 saturated carbocycles. The van der Waals surface area contributed by atoms with Crippen molar-refractivity contribution in [1.29, 1.82) is 0 Å². The molecule has 1 aromatic rings. The first-order valence-electron chi connectivity index (χ1n) is 14.7. The molecule has 2 aliphatic rings. The van der Waals surface area contributed by atoms with Gasteiger partial charge in [-0.25, -0.2) is 4.39 Å². The van der Waals surface area contributed by atoms with Gasteiger partial charge in [-0.3, -0.25) is 9.69 Å². The molecule has 0 radical (unpaired) electrons. The van der Waals surface area contributed by atoms with Crippen molar-refractivity contribution in [3.8, 4) is 0 Å². The predicted molar refractivity (Wildman–Crippen MR) is 156 cm³/mol. The Balaban J connectivity index is 1.74. The van der Waals surface area contributed by atoms with E-state index in [0.29, 0.717) is 12.3 Å². The van der Waals surface area contributed by atoms with Crippen LogP contribution < -0.4 is 4.90 Å². The van der Waals surface area contributed by atoms with E-state index in [4.69, 9.17) is 4.74 Å². The molecule has 6 atom stereocenters. The van der Waals surface area contributed by atoms with E-state index in [2.05, 4.69) is 35.8 Å². The summed E-state index contributed by atoms with van der Waals surface area (Å²) in [6, 6.07) is 5.09. The van der Waals surface area contributed by atoms with Crippen LogP contribution in [0.2, 0.25) is 0 Å². The minimum atomic E-state index is -0.699. The van der Waals surface area contributed by atoms with Crippen molar-refractivity contribution in [2.45, 2.75) is 85.0 Å². The van der Waals surface area contributed by atoms with E-state index in [-0.39, 0.29) is 30.2 Å². The highest BCUT2D eigenvalue weighted by atomic mass is 19.1. The maximum Gasteiger partial charge on any atom is 0.309 e. The quantitative estimate of drug-likeness (QED) is 0.352. The monoisotopic (exact) mass is 544 g/mol. The number of anilines is 1. The zero-order valence-electron chi connectivity index (χ0n) is 24.5. The number of halogens is 1. The van der Waals surface area contributed by atoms with Crippen molar-refractivity contribution in [3.05, 3.63) is 47.3 Å². The maximum atomic E-state index is 14.8. The molecule has 7 heteroatoms. The van der Waals surface area contributed by atoms with Gasteiger partial charge < -0.3 is 19.8 Å². The van der Waals surface area contributed by atoms with E-state index in [0.717, 1.165) is 68.8 Å². The lowest BCUT2D eigenvalue weighted by Gasteiger charge is -2.38. The number of hydrogen-bond acceptors (Lipinski definition) is 6. The molecule has 6 nitrogen and oxygen atoms in total. The SMILES string of the molecule is CC[C@@H](O)[C@@H](C)CN1CCN(c2cc(F)cc(/C=C(\C)[C@H]3OC(=O)C[C@@H](O)CC[C@H](C)C/C=C/[C@@H]3C)c2)CC1. The van der Waals surface area contributed by atoms with Gasteiger partial charge in [0.1, 0.15) is 11.9 Å². The van der Waals surface area contributed by atoms with Crippen LogP contribution in [0.3, 0.4) is 0 Å². The predicted octanol–water partition coefficient (Wildman–Crippen LogP) is 5.43. The highest BCUT2D eigenvalue weighted by molar-refractivity contribution is 5.71. The molecule has 2 aliphatic heterocycles. The third-order valence-corrected chi connectivity index (χ3v) is 8.22. The number of nitrogens with zero attached hydrogens (tertiary/aromatic N) is 2. The van der Waals surface area contributed by atoms with Crippen molar-refractivity contribution in [3.63, 3.8) is 0 Å². The zero-order valence-corrected chi connectivity index (χ0v) is 24.5. The molecule has 1 fully saturated rings. The van der Waals surface area contributed by atoms with Gasteiger partial charge in [0.2, 0.25) is 0 Å². The fourth-order valence-corrected chi connectivity index (χ4v) is 5.65. The molecule has 0 spiro atoms. The van der Waals surface area contributed by atoms with Gasteiger partial charge in [0.25, 0.3) is 0 Å². The number of aliphatic hydroxyl groups is 2. The Morgan fingerprint density at radius 1 is 1.18 bits per heavy atom. The third-order valence-electron chi connectivity index (χ3n) is 8.22. The smallest absolute Gasteiger partial charge is 0.309 e. The highest BCUT2D eigenvalue weighted by Gasteiger charge is 2.25. The number of esters is 1. The molecule has 2 heterocycles. The molecule has 0 bridgehead atoms. The van der Waals surface area contributed by atoms with Crippen LogP contribution in [-0.2, 0) is 9.53 Å². The fourth-order valence-electron chi connectivity index (χ4n) is 5.65. The van der Waals surface area contributed by atoms with E-state index in [1.54, 1.807) is 6.07 Å². The number of hydrogen-bond donors (Lipinski definition) is 2. The largest absolute Gasteiger partial charge is 0.457 e. The number of carbonyl (C=O) groups is 1. The summed E-state index contributed by atoms with van der Waals surface area (Å²) in [7, 11) is 0. The lowest BCUT2D eigenvalue weighted by molar-refractivity contribution is -0.151. The summed E-state index contributed by atoms with van der Waals surface area (Å²) in [4.78, 5) is 17.2. The van der Waals surface area contributed by atoms with Crippen molar-refractivity contribution >= 4 is 17.7 Å². The van der Waals surface area contributed by atoms with Crippen LogP contribution in [0, 0.1) is 23.6 Å². The van der Waals surface area contributed by atoms with Crippen LogP contribution in [0.25, 0.3) is 6.08 Å². The van der Waals surface area contributed by atoms with Crippen LogP contribution in [0.15, 0.2) is 35.9 Å². The standard InChI is InChI=1S/C32H49FN2O4/c1-6-30(37)25(5)21-34-12-14-35(15-13-34)28-18-26(17-27(33)19-28)16-24(4)32-23(3)9-7-8-22(2)10-11-29(36)20-31(38)39-32/h7,9,16-19,22-23,25,29-30,32,36-37H,6,8,10-15,20-21H2,1-5H3/b9-7+,24-16+/t22-,23+,25+,29+,30-,32+/m1/s1. The number of rotatable bonds is 7. The summed E-state index contributed by atoms with van der Waals surface area (Å²) >= 11 is 0. The lowest BCUT2D eigenvalue weighted by Crippen LogP contribution is -2.48. The van der Waals surface area contributed by atoms with Crippen LogP contribution in [-0.4, -0.2) is 72.1 Å². The Hall–Kier alpha value is -2.22. The normalized spacial score (nSPS) is 28.7. The van der Waals surface area contributed by atoms with E-state index in [9.17, 15) is 19.4 Å². The average Bonchev–Trinajstić information content (AvgIpc) is 2.89. The molecule has 2 N–H and O–H groups in total. The lowest BCUT2D eigenvalue weighted by atomic mass is 9.93. The number of allylic oxidation sites excluding steroid dienone is 1. The molecule has 218 valence electrons. The second kappa shape index (κ2) is 15.0. The van der Waals surface area contributed by atoms with Crippen molar-refractivity contribution in [2.75, 3.05) is 37.6 Å². The molecular formula is C32H49FN2O4. The Bertz CT molecular complexity index is 988. The molecule has 0 unspecified atom stereocenters. The number of benzene rings is 1. The summed E-state index contributed by atoms with van der Waals surface area (Å²) in [6.45, 7) is 14.4. The van der Waals surface area contributed by atoms with E-state index in [1.807, 2.05) is 32.9 Å². The van der Waals surface area contributed by atoms with Crippen LogP contribution in [0.1, 0.15) is 72.3 Å². The van der Waals surface area contributed by atoms with Crippen molar-refractivity contribution in [1.82, 2.24) is 4.90 Å². The molecule has 0 amide bonds. The van der Waals surface area contributed by atoms with Crippen LogP contribution in [0.4, 0.5) is 10.1 Å². The van der Waals surface area contributed by atoms with Gasteiger partial charge in [-0.05, 0) is 73.8 Å². The first-order valence-corrected chi connectivity index (χ1v) is 14.7. The fraction of sp³-hybridized carbons (Fsp3) is 0.656. The molecule has 1 aromatic carbocycles. The Labute approximate surface area is 234 Å². The average molecular weight is 545 g/mol. The van der Waals surface area contributed by atoms with Gasteiger partial charge in [0.15, 0.2) is 0 Å². The van der Waals surface area contributed by atoms with E-state index < -0.39 is 18.2 Å². The van der Waals surface area contributed by atoms with E-state index in [1.165, 1.54) is 6.07 Å². The topological polar surface area (TPSA) is 73.2 Å². The van der Waals surface area contributed by atoms with Gasteiger partial charge in [-0.15, -0.1) is 0 Å². The molecule has 1 saturated heterocycles. The second-order valence-electron chi connectivity index (χ2n) is 11.8. The zero-order chi connectivity index (χ0) is 28.5. The van der Waals surface area contributed by atoms with Gasteiger partial charge in [-0.1, -0.05) is 45.9 Å². The first kappa shape index (κ1) is 31.3. The summed E-state index contributed by atoms with van der Waals surface area (Å²) in [5.41, 5.74) is 2.41. The summed E-state index contributed by atoms with van der Waals surface area (Å²) in [5, 5.41) is 20.4. The Morgan fingerprint density at radius 3 is 2.59 bits per heavy atom. The Morgan fingerprint density at radius 2 is 1.90 bits per heavy atom. The highest BCUT2D eigenvalue weighted by Crippen LogP contribution is 2.27. The molecular weight excluding hydrogens is 495 g/mol. The third kappa shape index (κ3) is 9.73. The first-order chi connectivity index (χ1) is 18.5. The number of cyclic esters (lactones) is 1. The van der Waals surface area contributed by atoms with Gasteiger partial charge in [0, 0.05) is 44.3 Å². The van der Waals surface area contributed by atoms with Gasteiger partial charge in [-0.2, -0.15) is 0 Å². The van der Waals surface area contributed by atoms with Gasteiger partial charge >= 0.3 is 5.97 Å². The molecule has 0 aromatic heterocycles. The van der Waals surface area contributed by atoms with Crippen LogP contribution >= 0.6 is 0 Å². The van der Waals surface area contributed by atoms with Crippen molar-refractivity contribution in [2.24, 2.45) is 17.8 Å². The maximum absolute atomic E-state index is 14.8. The van der Waals surface area contributed by atoms with Gasteiger partial charge in [0.05, 0.1) is 18.6 Å². The molecule has 3 rings (SSSR count). The number of aliphatic hydroxyl groups excluding tert-OH is 2.